The molecule has 1 atom stereocenters. The van der Waals surface area contributed by atoms with Crippen molar-refractivity contribution >= 4 is 5.91 Å². The molecule has 0 aliphatic carbocycles. The van der Waals surface area contributed by atoms with Crippen molar-refractivity contribution in [2.75, 3.05) is 32.8 Å². The van der Waals surface area contributed by atoms with Crippen molar-refractivity contribution in [1.29, 1.82) is 0 Å². The van der Waals surface area contributed by atoms with E-state index in [0.717, 1.165) is 32.5 Å². The quantitative estimate of drug-likeness (QED) is 0.671. The maximum Gasteiger partial charge on any atom is 0.261 e. The molecule has 4 nitrogen and oxygen atoms in total. The highest BCUT2D eigenvalue weighted by Gasteiger charge is 2.25. The van der Waals surface area contributed by atoms with Gasteiger partial charge in [-0.25, -0.2) is 8.78 Å². The van der Waals surface area contributed by atoms with Crippen LogP contribution in [-0.2, 0) is 9.53 Å². The fourth-order valence-electron chi connectivity index (χ4n) is 2.13. The Balaban J connectivity index is 2.30. The lowest BCUT2D eigenvalue weighted by atomic mass is 10.2. The van der Waals surface area contributed by atoms with Crippen molar-refractivity contribution < 1.29 is 18.3 Å². The SMILES string of the molecule is CCCN(C(=O)CCOCC(F)F)C1CCNC1. The molecule has 1 aliphatic rings. The standard InChI is InChI=1S/C12H22F2N2O2/c1-2-6-16(10-3-5-15-8-10)12(17)4-7-18-9-11(13)14/h10-11,15H,2-9H2,1H3. The van der Waals surface area contributed by atoms with E-state index in [1.165, 1.54) is 0 Å². The lowest BCUT2D eigenvalue weighted by Gasteiger charge is -2.28. The van der Waals surface area contributed by atoms with Gasteiger partial charge in [0, 0.05) is 19.1 Å². The zero-order valence-corrected chi connectivity index (χ0v) is 10.8. The molecule has 1 rings (SSSR count). The highest BCUT2D eigenvalue weighted by atomic mass is 19.3. The molecule has 1 fully saturated rings. The van der Waals surface area contributed by atoms with Crippen LogP contribution >= 0.6 is 0 Å². The monoisotopic (exact) mass is 264 g/mol. The second-order valence-corrected chi connectivity index (χ2v) is 4.45. The number of amides is 1. The molecule has 0 aromatic rings. The van der Waals surface area contributed by atoms with Crippen molar-refractivity contribution in [3.05, 3.63) is 0 Å². The zero-order chi connectivity index (χ0) is 13.4. The molecule has 0 aromatic carbocycles. The Kier molecular flexibility index (Phi) is 7.12. The molecule has 1 amide bonds. The fourth-order valence-corrected chi connectivity index (χ4v) is 2.13. The van der Waals surface area contributed by atoms with Crippen LogP contribution in [0.1, 0.15) is 26.2 Å². The van der Waals surface area contributed by atoms with Crippen molar-refractivity contribution in [2.24, 2.45) is 0 Å². The van der Waals surface area contributed by atoms with Gasteiger partial charge in [0.15, 0.2) is 0 Å². The van der Waals surface area contributed by atoms with Gasteiger partial charge in [-0.1, -0.05) is 6.92 Å². The molecule has 106 valence electrons. The lowest BCUT2D eigenvalue weighted by Crippen LogP contribution is -2.42. The van der Waals surface area contributed by atoms with Crippen LogP contribution in [0.5, 0.6) is 0 Å². The largest absolute Gasteiger partial charge is 0.375 e. The van der Waals surface area contributed by atoms with E-state index in [4.69, 9.17) is 4.74 Å². The minimum Gasteiger partial charge on any atom is -0.375 e. The van der Waals surface area contributed by atoms with E-state index in [1.807, 2.05) is 11.8 Å². The predicted molar refractivity (Wildman–Crippen MR) is 64.7 cm³/mol. The van der Waals surface area contributed by atoms with Crippen LogP contribution < -0.4 is 5.32 Å². The number of hydrogen-bond acceptors (Lipinski definition) is 3. The molecule has 1 heterocycles. The molecule has 6 heteroatoms. The molecule has 1 aliphatic heterocycles. The first kappa shape index (κ1) is 15.3. The predicted octanol–water partition coefficient (Wildman–Crippen LogP) is 1.26. The second-order valence-electron chi connectivity index (χ2n) is 4.45. The summed E-state index contributed by atoms with van der Waals surface area (Å²) in [6, 6.07) is 0.243. The maximum atomic E-state index is 12.0. The summed E-state index contributed by atoms with van der Waals surface area (Å²) in [7, 11) is 0. The minimum atomic E-state index is -2.47. The third-order valence-corrected chi connectivity index (χ3v) is 2.96. The maximum absolute atomic E-state index is 12.0. The third-order valence-electron chi connectivity index (χ3n) is 2.96. The van der Waals surface area contributed by atoms with E-state index in [0.29, 0.717) is 0 Å². The van der Waals surface area contributed by atoms with Gasteiger partial charge in [-0.05, 0) is 19.4 Å². The third kappa shape index (κ3) is 5.27. The van der Waals surface area contributed by atoms with E-state index in [2.05, 4.69) is 5.32 Å². The van der Waals surface area contributed by atoms with Gasteiger partial charge in [-0.3, -0.25) is 4.79 Å². The van der Waals surface area contributed by atoms with Crippen LogP contribution in [0.4, 0.5) is 8.78 Å². The number of hydrogen-bond donors (Lipinski definition) is 1. The Bertz CT molecular complexity index is 246. The van der Waals surface area contributed by atoms with E-state index >= 15 is 0 Å². The van der Waals surface area contributed by atoms with Crippen molar-refractivity contribution in [1.82, 2.24) is 10.2 Å². The Morgan fingerprint density at radius 2 is 2.33 bits per heavy atom. The Hall–Kier alpha value is -0.750. The van der Waals surface area contributed by atoms with Gasteiger partial charge >= 0.3 is 0 Å². The van der Waals surface area contributed by atoms with E-state index in [9.17, 15) is 13.6 Å². The number of halogens is 2. The van der Waals surface area contributed by atoms with Crippen LogP contribution in [0.2, 0.25) is 0 Å². The van der Waals surface area contributed by atoms with Gasteiger partial charge < -0.3 is 15.0 Å². The Morgan fingerprint density at radius 1 is 1.56 bits per heavy atom. The van der Waals surface area contributed by atoms with Crippen LogP contribution in [-0.4, -0.2) is 56.1 Å². The summed E-state index contributed by atoms with van der Waals surface area (Å²) in [5, 5.41) is 3.22. The summed E-state index contributed by atoms with van der Waals surface area (Å²) in [4.78, 5) is 13.8. The van der Waals surface area contributed by atoms with Crippen LogP contribution in [0, 0.1) is 0 Å². The molecule has 0 aromatic heterocycles. The zero-order valence-electron chi connectivity index (χ0n) is 10.8. The average Bonchev–Trinajstić information content (AvgIpc) is 2.84. The number of alkyl halides is 2. The number of ether oxygens (including phenoxy) is 1. The molecular formula is C12H22F2N2O2. The Labute approximate surface area is 107 Å². The normalized spacial score (nSPS) is 19.4. The first-order valence-corrected chi connectivity index (χ1v) is 6.51. The molecular weight excluding hydrogens is 242 g/mol. The van der Waals surface area contributed by atoms with E-state index in [1.54, 1.807) is 0 Å². The number of carbonyl (C=O) groups excluding carboxylic acids is 1. The summed E-state index contributed by atoms with van der Waals surface area (Å²) in [5.41, 5.74) is 0. The van der Waals surface area contributed by atoms with E-state index < -0.39 is 13.0 Å². The molecule has 0 spiro atoms. The van der Waals surface area contributed by atoms with Crippen LogP contribution in [0.15, 0.2) is 0 Å². The molecule has 0 saturated carbocycles. The molecule has 0 bridgehead atoms. The van der Waals surface area contributed by atoms with Gasteiger partial charge in [-0.2, -0.15) is 0 Å². The number of nitrogens with one attached hydrogen (secondary N) is 1. The molecule has 1 unspecified atom stereocenters. The smallest absolute Gasteiger partial charge is 0.261 e. The molecule has 1 saturated heterocycles. The summed E-state index contributed by atoms with van der Waals surface area (Å²) >= 11 is 0. The average molecular weight is 264 g/mol. The molecule has 1 N–H and O–H groups in total. The topological polar surface area (TPSA) is 41.6 Å². The highest BCUT2D eigenvalue weighted by Crippen LogP contribution is 2.11. The van der Waals surface area contributed by atoms with Gasteiger partial charge in [0.05, 0.1) is 13.0 Å². The fraction of sp³-hybridized carbons (Fsp3) is 0.917. The first-order chi connectivity index (χ1) is 8.65. The van der Waals surface area contributed by atoms with Crippen LogP contribution in [0.25, 0.3) is 0 Å². The summed E-state index contributed by atoms with van der Waals surface area (Å²) in [6.07, 6.45) is -0.418. The van der Waals surface area contributed by atoms with Gasteiger partial charge in [0.25, 0.3) is 6.43 Å². The number of nitrogens with zero attached hydrogens (tertiary/aromatic N) is 1. The van der Waals surface area contributed by atoms with Crippen LogP contribution in [0.3, 0.4) is 0 Å². The second kappa shape index (κ2) is 8.37. The highest BCUT2D eigenvalue weighted by molar-refractivity contribution is 5.76. The summed E-state index contributed by atoms with van der Waals surface area (Å²) in [6.45, 7) is 3.98. The van der Waals surface area contributed by atoms with Gasteiger partial charge in [-0.15, -0.1) is 0 Å². The number of rotatable bonds is 8. The Morgan fingerprint density at radius 3 is 2.89 bits per heavy atom. The first-order valence-electron chi connectivity index (χ1n) is 6.51. The van der Waals surface area contributed by atoms with Crippen molar-refractivity contribution in [3.63, 3.8) is 0 Å². The van der Waals surface area contributed by atoms with Crippen molar-refractivity contribution in [2.45, 2.75) is 38.7 Å². The summed E-state index contributed by atoms with van der Waals surface area (Å²) in [5.74, 6) is -0.000170. The van der Waals surface area contributed by atoms with Gasteiger partial charge in [0.2, 0.25) is 5.91 Å². The van der Waals surface area contributed by atoms with Crippen molar-refractivity contribution in [3.8, 4) is 0 Å². The summed E-state index contributed by atoms with van der Waals surface area (Å²) < 4.78 is 28.5. The number of carbonyl (C=O) groups is 1. The van der Waals surface area contributed by atoms with E-state index in [-0.39, 0.29) is 25.0 Å². The lowest BCUT2D eigenvalue weighted by molar-refractivity contribution is -0.134. The van der Waals surface area contributed by atoms with Gasteiger partial charge in [0.1, 0.15) is 6.61 Å². The molecule has 0 radical (unpaired) electrons. The molecule has 18 heavy (non-hydrogen) atoms. The minimum absolute atomic E-state index is 0.000170.